The maximum atomic E-state index is 14.9. The van der Waals surface area contributed by atoms with Gasteiger partial charge in [-0.2, -0.15) is 5.10 Å². The van der Waals surface area contributed by atoms with E-state index < -0.39 is 11.5 Å². The maximum absolute atomic E-state index is 14.9. The number of methoxy groups -OCH3 is 1. The van der Waals surface area contributed by atoms with Gasteiger partial charge in [-0.25, -0.2) is 9.18 Å². The van der Waals surface area contributed by atoms with Crippen LogP contribution in [0.15, 0.2) is 47.9 Å². The lowest BCUT2D eigenvalue weighted by Gasteiger charge is -2.13. The van der Waals surface area contributed by atoms with Gasteiger partial charge in [0, 0.05) is 42.0 Å². The van der Waals surface area contributed by atoms with Crippen LogP contribution in [-0.4, -0.2) is 36.4 Å². The quantitative estimate of drug-likeness (QED) is 0.483. The maximum Gasteiger partial charge on any atom is 0.331 e. The number of hydrogen-bond acceptors (Lipinski definition) is 5. The molecule has 4 aromatic heterocycles. The van der Waals surface area contributed by atoms with Crippen molar-refractivity contribution in [1.82, 2.24) is 29.3 Å². The standard InChI is InChI=1S/C22H19FN6O2/c1-4-12-7-24-9-16(23)20(12)29-21-15-5-14(13-8-26-28(2)11-13)19(31-3)6-17(15)25-10-18(21)27-22(29)30/h5-11H,4H2,1-3H3,(H,27,30). The molecule has 0 saturated carbocycles. The number of ether oxygens (including phenoxy) is 1. The number of nitrogens with zero attached hydrogens (tertiary/aromatic N) is 5. The minimum atomic E-state index is -0.562. The number of halogens is 1. The Bertz CT molecular complexity index is 1510. The zero-order valence-electron chi connectivity index (χ0n) is 17.2. The van der Waals surface area contributed by atoms with Crippen molar-refractivity contribution in [2.24, 2.45) is 7.05 Å². The number of aromatic amines is 1. The molecule has 1 aromatic carbocycles. The number of nitrogens with one attached hydrogen (secondary N) is 1. The Morgan fingerprint density at radius 2 is 2.03 bits per heavy atom. The van der Waals surface area contributed by atoms with Gasteiger partial charge in [0.1, 0.15) is 5.75 Å². The van der Waals surface area contributed by atoms with E-state index in [9.17, 15) is 9.18 Å². The van der Waals surface area contributed by atoms with E-state index in [-0.39, 0.29) is 5.69 Å². The highest BCUT2D eigenvalue weighted by Gasteiger charge is 2.20. The number of H-pyrrole nitrogens is 1. The minimum absolute atomic E-state index is 0.194. The second-order valence-electron chi connectivity index (χ2n) is 7.24. The van der Waals surface area contributed by atoms with Gasteiger partial charge in [-0.05, 0) is 18.1 Å². The zero-order chi connectivity index (χ0) is 21.7. The van der Waals surface area contributed by atoms with E-state index in [0.29, 0.717) is 39.7 Å². The van der Waals surface area contributed by atoms with Crippen LogP contribution in [0, 0.1) is 5.82 Å². The summed E-state index contributed by atoms with van der Waals surface area (Å²) in [6.45, 7) is 1.89. The zero-order valence-corrected chi connectivity index (χ0v) is 17.2. The summed E-state index contributed by atoms with van der Waals surface area (Å²) in [4.78, 5) is 24.2. The van der Waals surface area contributed by atoms with Gasteiger partial charge in [0.15, 0.2) is 5.82 Å². The molecule has 0 fully saturated rings. The molecule has 5 aromatic rings. The molecule has 0 radical (unpaired) electrons. The fourth-order valence-corrected chi connectivity index (χ4v) is 3.96. The fraction of sp³-hybridized carbons (Fsp3) is 0.182. The van der Waals surface area contributed by atoms with Crippen LogP contribution in [0.25, 0.3) is 38.8 Å². The number of benzene rings is 1. The van der Waals surface area contributed by atoms with Crippen LogP contribution in [-0.2, 0) is 13.5 Å². The van der Waals surface area contributed by atoms with Gasteiger partial charge in [-0.3, -0.25) is 19.2 Å². The summed E-state index contributed by atoms with van der Waals surface area (Å²) >= 11 is 0. The van der Waals surface area contributed by atoms with Crippen molar-refractivity contribution < 1.29 is 9.13 Å². The summed E-state index contributed by atoms with van der Waals surface area (Å²) in [5.74, 6) is 0.0643. The first-order chi connectivity index (χ1) is 15.0. The number of rotatable bonds is 4. The monoisotopic (exact) mass is 418 g/mol. The van der Waals surface area contributed by atoms with Gasteiger partial charge in [0.25, 0.3) is 0 Å². The third kappa shape index (κ3) is 2.89. The molecule has 31 heavy (non-hydrogen) atoms. The highest BCUT2D eigenvalue weighted by atomic mass is 19.1. The molecule has 0 spiro atoms. The normalized spacial score (nSPS) is 11.5. The second-order valence-corrected chi connectivity index (χ2v) is 7.24. The third-order valence-corrected chi connectivity index (χ3v) is 5.40. The SMILES string of the molecule is CCc1cncc(F)c1-n1c(=O)[nH]c2cnc3cc(OC)c(-c4cnn(C)c4)cc3c21. The molecule has 0 bridgehead atoms. The van der Waals surface area contributed by atoms with Crippen LogP contribution in [0.5, 0.6) is 5.75 Å². The molecule has 0 aliphatic rings. The average molecular weight is 418 g/mol. The first-order valence-corrected chi connectivity index (χ1v) is 9.75. The Kier molecular flexibility index (Phi) is 4.32. The highest BCUT2D eigenvalue weighted by molar-refractivity contribution is 6.05. The van der Waals surface area contributed by atoms with E-state index in [1.165, 1.54) is 4.57 Å². The van der Waals surface area contributed by atoms with Gasteiger partial charge < -0.3 is 9.72 Å². The average Bonchev–Trinajstić information content (AvgIpc) is 3.35. The lowest BCUT2D eigenvalue weighted by molar-refractivity contribution is 0.417. The molecule has 8 nitrogen and oxygen atoms in total. The van der Waals surface area contributed by atoms with Crippen LogP contribution in [0.4, 0.5) is 4.39 Å². The summed E-state index contributed by atoms with van der Waals surface area (Å²) in [5, 5.41) is 4.93. The van der Waals surface area contributed by atoms with Crippen LogP contribution in [0.2, 0.25) is 0 Å². The molecule has 0 aliphatic carbocycles. The number of aromatic nitrogens is 6. The lowest BCUT2D eigenvalue weighted by Crippen LogP contribution is -2.18. The Hall–Kier alpha value is -4.01. The second kappa shape index (κ2) is 7.05. The molecule has 0 amide bonds. The molecular weight excluding hydrogens is 399 g/mol. The van der Waals surface area contributed by atoms with Crippen molar-refractivity contribution in [2.75, 3.05) is 7.11 Å². The van der Waals surface area contributed by atoms with Crippen molar-refractivity contribution in [3.8, 4) is 22.6 Å². The molecule has 0 saturated heterocycles. The Balaban J connectivity index is 1.92. The number of imidazole rings is 1. The predicted octanol–water partition coefficient (Wildman–Crippen LogP) is 3.37. The lowest BCUT2D eigenvalue weighted by atomic mass is 10.0. The van der Waals surface area contributed by atoms with Crippen molar-refractivity contribution in [3.63, 3.8) is 0 Å². The van der Waals surface area contributed by atoms with Gasteiger partial charge in [-0.15, -0.1) is 0 Å². The van der Waals surface area contributed by atoms with Crippen molar-refractivity contribution in [2.45, 2.75) is 13.3 Å². The van der Waals surface area contributed by atoms with E-state index in [4.69, 9.17) is 4.74 Å². The van der Waals surface area contributed by atoms with E-state index >= 15 is 0 Å². The van der Waals surface area contributed by atoms with Crippen LogP contribution >= 0.6 is 0 Å². The molecule has 0 aliphatic heterocycles. The number of aryl methyl sites for hydroxylation is 2. The first kappa shape index (κ1) is 19.0. The summed E-state index contributed by atoms with van der Waals surface area (Å²) < 4.78 is 23.5. The molecule has 4 heterocycles. The molecule has 0 atom stereocenters. The van der Waals surface area contributed by atoms with Crippen LogP contribution in [0.3, 0.4) is 0 Å². The van der Waals surface area contributed by atoms with E-state index in [1.54, 1.807) is 30.4 Å². The number of pyridine rings is 2. The first-order valence-electron chi connectivity index (χ1n) is 9.75. The molecule has 9 heteroatoms. The largest absolute Gasteiger partial charge is 0.496 e. The fourth-order valence-electron chi connectivity index (χ4n) is 3.96. The predicted molar refractivity (Wildman–Crippen MR) is 115 cm³/mol. The molecule has 1 N–H and O–H groups in total. The van der Waals surface area contributed by atoms with Crippen molar-refractivity contribution in [3.05, 3.63) is 65.0 Å². The van der Waals surface area contributed by atoms with Crippen molar-refractivity contribution >= 4 is 21.9 Å². The molecule has 0 unspecified atom stereocenters. The summed E-state index contributed by atoms with van der Waals surface area (Å²) in [6.07, 6.45) is 8.41. The van der Waals surface area contributed by atoms with Gasteiger partial charge >= 0.3 is 5.69 Å². The number of hydrogen-bond donors (Lipinski definition) is 1. The van der Waals surface area contributed by atoms with E-state index in [0.717, 1.165) is 17.3 Å². The van der Waals surface area contributed by atoms with Crippen LogP contribution in [0.1, 0.15) is 12.5 Å². The molecular formula is C22H19FN6O2. The summed E-state index contributed by atoms with van der Waals surface area (Å²) in [7, 11) is 3.42. The number of fused-ring (bicyclic) bond motifs is 3. The van der Waals surface area contributed by atoms with E-state index in [2.05, 4.69) is 20.1 Å². The van der Waals surface area contributed by atoms with Gasteiger partial charge in [0.2, 0.25) is 0 Å². The summed E-state index contributed by atoms with van der Waals surface area (Å²) in [6, 6.07) is 3.71. The van der Waals surface area contributed by atoms with Gasteiger partial charge in [-0.1, -0.05) is 6.92 Å². The molecule has 156 valence electrons. The minimum Gasteiger partial charge on any atom is -0.496 e. The van der Waals surface area contributed by atoms with Crippen LogP contribution < -0.4 is 10.4 Å². The Morgan fingerprint density at radius 1 is 1.19 bits per heavy atom. The Morgan fingerprint density at radius 3 is 2.74 bits per heavy atom. The smallest absolute Gasteiger partial charge is 0.331 e. The molecule has 5 rings (SSSR count). The van der Waals surface area contributed by atoms with Crippen molar-refractivity contribution in [1.29, 1.82) is 0 Å². The Labute approximate surface area is 175 Å². The topological polar surface area (TPSA) is 90.6 Å². The summed E-state index contributed by atoms with van der Waals surface area (Å²) in [5.41, 5.74) is 3.71. The highest BCUT2D eigenvalue weighted by Crippen LogP contribution is 2.36. The van der Waals surface area contributed by atoms with E-state index in [1.807, 2.05) is 32.3 Å². The third-order valence-electron chi connectivity index (χ3n) is 5.40. The van der Waals surface area contributed by atoms with Gasteiger partial charge in [0.05, 0.1) is 47.9 Å².